The van der Waals surface area contributed by atoms with Crippen molar-refractivity contribution in [2.24, 2.45) is 0 Å². The van der Waals surface area contributed by atoms with Crippen LogP contribution in [0.1, 0.15) is 60.9 Å². The van der Waals surface area contributed by atoms with Crippen LogP contribution in [-0.2, 0) is 4.79 Å². The highest BCUT2D eigenvalue weighted by Crippen LogP contribution is 2.19. The Morgan fingerprint density at radius 1 is 1.14 bits per heavy atom. The molecule has 0 amide bonds. The molecule has 0 aliphatic heterocycles. The maximum atomic E-state index is 12.6. The number of Topliss-reactive ketones (excluding diaryl/α,β-unsaturated/α-hetero) is 1. The number of carbonyl (C=O) groups excluding carboxylic acids is 1. The molecule has 0 aromatic heterocycles. The molecule has 0 heterocycles. The van der Waals surface area contributed by atoms with E-state index in [0.717, 1.165) is 31.2 Å². The van der Waals surface area contributed by atoms with E-state index in [0.29, 0.717) is 5.56 Å². The summed E-state index contributed by atoms with van der Waals surface area (Å²) in [6.07, 6.45) is 6.64. The number of nitrogens with one attached hydrogen (secondary N) is 1. The van der Waals surface area contributed by atoms with E-state index in [9.17, 15) is 9.59 Å². The first-order valence-electron chi connectivity index (χ1n) is 8.15. The molecule has 22 heavy (non-hydrogen) atoms. The Labute approximate surface area is 131 Å². The fourth-order valence-electron chi connectivity index (χ4n) is 3.05. The summed E-state index contributed by atoms with van der Waals surface area (Å²) in [6.45, 7) is 1.97. The predicted octanol–water partition coefficient (Wildman–Crippen LogP) is 3.33. The van der Waals surface area contributed by atoms with Gasteiger partial charge in [0.1, 0.15) is 0 Å². The number of carboxylic acids is 1. The molecule has 0 bridgehead atoms. The molecule has 1 aromatic rings. The summed E-state index contributed by atoms with van der Waals surface area (Å²) in [6, 6.07) is 6.94. The highest BCUT2D eigenvalue weighted by Gasteiger charge is 2.26. The number of carboxylic acid groups (broad SMARTS) is 1. The van der Waals surface area contributed by atoms with E-state index < -0.39 is 12.0 Å². The van der Waals surface area contributed by atoms with Gasteiger partial charge in [-0.15, -0.1) is 0 Å². The van der Waals surface area contributed by atoms with Gasteiger partial charge in [-0.1, -0.05) is 55.5 Å². The minimum Gasteiger partial charge on any atom is -0.481 e. The average molecular weight is 303 g/mol. The van der Waals surface area contributed by atoms with Crippen molar-refractivity contribution in [2.75, 3.05) is 0 Å². The van der Waals surface area contributed by atoms with Gasteiger partial charge >= 0.3 is 5.97 Å². The number of ketones is 1. The SMILES string of the molecule is Cc1ccc(C(=O)C(CC(=O)O)NC2CCCCCC2)cc1. The molecule has 1 aliphatic carbocycles. The van der Waals surface area contributed by atoms with Crippen LogP contribution in [0, 0.1) is 6.92 Å². The van der Waals surface area contributed by atoms with Gasteiger partial charge in [0.15, 0.2) is 5.78 Å². The molecule has 0 saturated heterocycles. The molecule has 1 atom stereocenters. The van der Waals surface area contributed by atoms with Gasteiger partial charge in [-0.3, -0.25) is 9.59 Å². The van der Waals surface area contributed by atoms with Crippen LogP contribution in [0.25, 0.3) is 0 Å². The van der Waals surface area contributed by atoms with Gasteiger partial charge in [-0.05, 0) is 19.8 Å². The lowest BCUT2D eigenvalue weighted by Crippen LogP contribution is -2.44. The molecule has 1 saturated carbocycles. The molecule has 4 nitrogen and oxygen atoms in total. The van der Waals surface area contributed by atoms with Crippen LogP contribution in [0.15, 0.2) is 24.3 Å². The Hall–Kier alpha value is -1.68. The Bertz CT molecular complexity index is 502. The first-order chi connectivity index (χ1) is 10.6. The normalized spacial score (nSPS) is 17.7. The Morgan fingerprint density at radius 3 is 2.27 bits per heavy atom. The molecule has 2 N–H and O–H groups in total. The molecule has 1 aromatic carbocycles. The summed E-state index contributed by atoms with van der Waals surface area (Å²) in [5, 5.41) is 12.4. The third-order valence-corrected chi connectivity index (χ3v) is 4.32. The Balaban J connectivity index is 2.08. The molecule has 1 unspecified atom stereocenters. The zero-order valence-electron chi connectivity index (χ0n) is 13.2. The largest absolute Gasteiger partial charge is 0.481 e. The highest BCUT2D eigenvalue weighted by atomic mass is 16.4. The van der Waals surface area contributed by atoms with E-state index in [-0.39, 0.29) is 18.2 Å². The van der Waals surface area contributed by atoms with Crippen molar-refractivity contribution in [3.05, 3.63) is 35.4 Å². The van der Waals surface area contributed by atoms with Crippen molar-refractivity contribution in [1.29, 1.82) is 0 Å². The monoisotopic (exact) mass is 303 g/mol. The number of aryl methyl sites for hydroxylation is 1. The number of aliphatic carboxylic acids is 1. The molecule has 120 valence electrons. The van der Waals surface area contributed by atoms with Crippen molar-refractivity contribution in [1.82, 2.24) is 5.32 Å². The minimum atomic E-state index is -0.938. The minimum absolute atomic E-state index is 0.119. The van der Waals surface area contributed by atoms with Crippen LogP contribution in [0.3, 0.4) is 0 Å². The van der Waals surface area contributed by atoms with Crippen LogP contribution in [0.2, 0.25) is 0 Å². The van der Waals surface area contributed by atoms with Gasteiger partial charge in [0.2, 0.25) is 0 Å². The maximum Gasteiger partial charge on any atom is 0.305 e. The second kappa shape index (κ2) is 8.08. The second-order valence-corrected chi connectivity index (χ2v) is 6.24. The van der Waals surface area contributed by atoms with E-state index in [1.54, 1.807) is 12.1 Å². The zero-order chi connectivity index (χ0) is 15.9. The summed E-state index contributed by atoms with van der Waals surface area (Å²) >= 11 is 0. The maximum absolute atomic E-state index is 12.6. The molecule has 0 radical (unpaired) electrons. The standard InChI is InChI=1S/C18H25NO3/c1-13-8-10-14(11-9-13)18(22)16(12-17(20)21)19-15-6-4-2-3-5-7-15/h8-11,15-16,19H,2-7,12H2,1H3,(H,20,21). The lowest BCUT2D eigenvalue weighted by Gasteiger charge is -2.23. The quantitative estimate of drug-likeness (QED) is 0.625. The second-order valence-electron chi connectivity index (χ2n) is 6.24. The van der Waals surface area contributed by atoms with Gasteiger partial charge in [0, 0.05) is 11.6 Å². The molecule has 0 spiro atoms. The first-order valence-corrected chi connectivity index (χ1v) is 8.15. The van der Waals surface area contributed by atoms with E-state index in [1.165, 1.54) is 12.8 Å². The van der Waals surface area contributed by atoms with Crippen molar-refractivity contribution in [2.45, 2.75) is 64.0 Å². The van der Waals surface area contributed by atoms with Gasteiger partial charge in [-0.25, -0.2) is 0 Å². The molecular weight excluding hydrogens is 278 g/mol. The number of carbonyl (C=O) groups is 2. The third-order valence-electron chi connectivity index (χ3n) is 4.32. The summed E-state index contributed by atoms with van der Waals surface area (Å²) in [7, 11) is 0. The fraction of sp³-hybridized carbons (Fsp3) is 0.556. The van der Waals surface area contributed by atoms with E-state index >= 15 is 0 Å². The number of benzene rings is 1. The van der Waals surface area contributed by atoms with Gasteiger partial charge in [0.25, 0.3) is 0 Å². The lowest BCUT2D eigenvalue weighted by molar-refractivity contribution is -0.137. The predicted molar refractivity (Wildman–Crippen MR) is 86.2 cm³/mol. The van der Waals surface area contributed by atoms with E-state index in [1.807, 2.05) is 19.1 Å². The smallest absolute Gasteiger partial charge is 0.305 e. The van der Waals surface area contributed by atoms with Crippen LogP contribution in [-0.4, -0.2) is 28.9 Å². The molecule has 4 heteroatoms. The van der Waals surface area contributed by atoms with Crippen molar-refractivity contribution < 1.29 is 14.7 Å². The third kappa shape index (κ3) is 4.95. The number of hydrogen-bond acceptors (Lipinski definition) is 3. The van der Waals surface area contributed by atoms with Crippen LogP contribution in [0.5, 0.6) is 0 Å². The lowest BCUT2D eigenvalue weighted by atomic mass is 9.98. The summed E-state index contributed by atoms with van der Waals surface area (Å²) in [4.78, 5) is 23.7. The summed E-state index contributed by atoms with van der Waals surface area (Å²) in [5.41, 5.74) is 1.67. The Kier molecular flexibility index (Phi) is 6.13. The molecule has 1 aliphatic rings. The highest BCUT2D eigenvalue weighted by molar-refractivity contribution is 6.01. The summed E-state index contributed by atoms with van der Waals surface area (Å²) in [5.74, 6) is -1.06. The van der Waals surface area contributed by atoms with E-state index in [2.05, 4.69) is 5.32 Å². The van der Waals surface area contributed by atoms with Crippen LogP contribution >= 0.6 is 0 Å². The topological polar surface area (TPSA) is 66.4 Å². The molecule has 1 fully saturated rings. The molecular formula is C18H25NO3. The van der Waals surface area contributed by atoms with Gasteiger partial charge < -0.3 is 10.4 Å². The number of rotatable bonds is 6. The van der Waals surface area contributed by atoms with Crippen LogP contribution in [0.4, 0.5) is 0 Å². The van der Waals surface area contributed by atoms with E-state index in [4.69, 9.17) is 5.11 Å². The average Bonchev–Trinajstić information content (AvgIpc) is 2.75. The molecule has 2 rings (SSSR count). The summed E-state index contributed by atoms with van der Waals surface area (Å²) < 4.78 is 0. The zero-order valence-corrected chi connectivity index (χ0v) is 13.2. The van der Waals surface area contributed by atoms with Crippen molar-refractivity contribution >= 4 is 11.8 Å². The fourth-order valence-corrected chi connectivity index (χ4v) is 3.05. The van der Waals surface area contributed by atoms with Crippen molar-refractivity contribution in [3.8, 4) is 0 Å². The number of hydrogen-bond donors (Lipinski definition) is 2. The van der Waals surface area contributed by atoms with Gasteiger partial charge in [0.05, 0.1) is 12.5 Å². The van der Waals surface area contributed by atoms with Crippen molar-refractivity contribution in [3.63, 3.8) is 0 Å². The Morgan fingerprint density at radius 2 is 1.73 bits per heavy atom. The first kappa shape index (κ1) is 16.7. The van der Waals surface area contributed by atoms with Gasteiger partial charge in [-0.2, -0.15) is 0 Å². The van der Waals surface area contributed by atoms with Crippen LogP contribution < -0.4 is 5.32 Å².